The van der Waals surface area contributed by atoms with Crippen LogP contribution in [0.4, 0.5) is 11.6 Å². The first kappa shape index (κ1) is 22.2. The number of hydrogen-bond acceptors (Lipinski definition) is 9. The average molecular weight is 478 g/mol. The molecule has 0 radical (unpaired) electrons. The van der Waals surface area contributed by atoms with E-state index in [2.05, 4.69) is 44.9 Å². The molecule has 0 spiro atoms. The Morgan fingerprint density at radius 3 is 2.77 bits per heavy atom. The van der Waals surface area contributed by atoms with Crippen LogP contribution < -0.4 is 10.2 Å². The van der Waals surface area contributed by atoms with Gasteiger partial charge in [-0.1, -0.05) is 0 Å². The predicted molar refractivity (Wildman–Crippen MR) is 133 cm³/mol. The monoisotopic (exact) mass is 477 g/mol. The maximum absolute atomic E-state index is 6.02. The molecule has 0 bridgehead atoms. The predicted octanol–water partition coefficient (Wildman–Crippen LogP) is 2.68. The second-order valence-corrected chi connectivity index (χ2v) is 9.53. The van der Waals surface area contributed by atoms with Gasteiger partial charge in [-0.05, 0) is 33.6 Å². The third-order valence-electron chi connectivity index (χ3n) is 6.58. The lowest BCUT2D eigenvalue weighted by atomic mass is 10.2. The van der Waals surface area contributed by atoms with Gasteiger partial charge in [-0.15, -0.1) is 10.2 Å². The van der Waals surface area contributed by atoms with E-state index in [0.29, 0.717) is 31.2 Å². The van der Waals surface area contributed by atoms with Gasteiger partial charge in [0.1, 0.15) is 22.9 Å². The second-order valence-electron chi connectivity index (χ2n) is 9.53. The molecule has 0 amide bonds. The molecule has 11 heteroatoms. The zero-order chi connectivity index (χ0) is 23.9. The van der Waals surface area contributed by atoms with Crippen molar-refractivity contribution in [3.8, 4) is 11.5 Å². The summed E-state index contributed by atoms with van der Waals surface area (Å²) in [5, 5.41) is 12.0. The van der Waals surface area contributed by atoms with Crippen molar-refractivity contribution in [2.75, 3.05) is 43.1 Å². The van der Waals surface area contributed by atoms with Crippen molar-refractivity contribution in [2.45, 2.75) is 52.3 Å². The van der Waals surface area contributed by atoms with E-state index in [1.807, 2.05) is 23.7 Å². The highest BCUT2D eigenvalue weighted by Gasteiger charge is 2.24. The SMILES string of the molecule is Cc1nnc2c(NC(C)C)nc(-c3nc4cnc(N5CCOCC5)cc4n3CC3CCCO3)cn12. The Hall–Kier alpha value is -3.31. The molecule has 6 heterocycles. The molecule has 1 atom stereocenters. The van der Waals surface area contributed by atoms with Gasteiger partial charge in [0.15, 0.2) is 11.6 Å². The summed E-state index contributed by atoms with van der Waals surface area (Å²) >= 11 is 0. The number of morpholine rings is 1. The number of hydrogen-bond donors (Lipinski definition) is 1. The molecule has 0 aliphatic carbocycles. The lowest BCUT2D eigenvalue weighted by molar-refractivity contribution is 0.0982. The van der Waals surface area contributed by atoms with Gasteiger partial charge in [0.2, 0.25) is 5.65 Å². The highest BCUT2D eigenvalue weighted by atomic mass is 16.5. The molecule has 0 saturated carbocycles. The molecule has 6 rings (SSSR count). The number of ether oxygens (including phenoxy) is 2. The lowest BCUT2D eigenvalue weighted by Crippen LogP contribution is -2.36. The van der Waals surface area contributed by atoms with Crippen LogP contribution in [0.3, 0.4) is 0 Å². The summed E-state index contributed by atoms with van der Waals surface area (Å²) in [5.41, 5.74) is 3.34. The Kier molecular flexibility index (Phi) is 5.73. The Labute approximate surface area is 203 Å². The van der Waals surface area contributed by atoms with Crippen molar-refractivity contribution in [2.24, 2.45) is 0 Å². The fourth-order valence-electron chi connectivity index (χ4n) is 4.84. The summed E-state index contributed by atoms with van der Waals surface area (Å²) in [6.45, 7) is 10.7. The van der Waals surface area contributed by atoms with E-state index in [1.54, 1.807) is 0 Å². The molecule has 4 aromatic heterocycles. The quantitative estimate of drug-likeness (QED) is 0.448. The summed E-state index contributed by atoms with van der Waals surface area (Å²) in [6, 6.07) is 2.34. The van der Waals surface area contributed by atoms with Gasteiger partial charge in [-0.3, -0.25) is 4.40 Å². The number of pyridine rings is 1. The fraction of sp³-hybridized carbons (Fsp3) is 0.542. The van der Waals surface area contributed by atoms with Crippen LogP contribution in [0.15, 0.2) is 18.5 Å². The standard InChI is InChI=1S/C24H31N9O2/c1-15(2)26-22-24-30-29-16(3)32(24)14-19(27-22)23-28-18-12-25-21(31-6-9-34-10-7-31)11-20(18)33(23)13-17-5-4-8-35-17/h11-12,14-15,17H,4-10,13H2,1-3H3,(H,26,27). The van der Waals surface area contributed by atoms with E-state index in [-0.39, 0.29) is 12.1 Å². The van der Waals surface area contributed by atoms with E-state index in [1.165, 1.54) is 0 Å². The molecule has 0 aromatic carbocycles. The summed E-state index contributed by atoms with van der Waals surface area (Å²) < 4.78 is 15.8. The topological polar surface area (TPSA) is 108 Å². The number of aromatic nitrogens is 7. The molecule has 2 aliphatic rings. The first-order valence-electron chi connectivity index (χ1n) is 12.4. The van der Waals surface area contributed by atoms with Crippen molar-refractivity contribution < 1.29 is 9.47 Å². The molecule has 184 valence electrons. The molecule has 1 N–H and O–H groups in total. The van der Waals surface area contributed by atoms with Crippen LogP contribution in [0.5, 0.6) is 0 Å². The third-order valence-corrected chi connectivity index (χ3v) is 6.58. The largest absolute Gasteiger partial charge is 0.378 e. The number of nitrogens with zero attached hydrogens (tertiary/aromatic N) is 8. The molecule has 11 nitrogen and oxygen atoms in total. The van der Waals surface area contributed by atoms with Gasteiger partial charge >= 0.3 is 0 Å². The Balaban J connectivity index is 1.51. The van der Waals surface area contributed by atoms with Gasteiger partial charge in [-0.2, -0.15) is 0 Å². The number of nitrogens with one attached hydrogen (secondary N) is 1. The van der Waals surface area contributed by atoms with Gasteiger partial charge < -0.3 is 24.3 Å². The van der Waals surface area contributed by atoms with Crippen LogP contribution in [0.1, 0.15) is 32.5 Å². The fourth-order valence-corrected chi connectivity index (χ4v) is 4.84. The molecule has 35 heavy (non-hydrogen) atoms. The van der Waals surface area contributed by atoms with Crippen molar-refractivity contribution in [3.63, 3.8) is 0 Å². The average Bonchev–Trinajstić information content (AvgIpc) is 3.59. The maximum atomic E-state index is 6.02. The molecular formula is C24H31N9O2. The van der Waals surface area contributed by atoms with Crippen molar-refractivity contribution in [3.05, 3.63) is 24.3 Å². The van der Waals surface area contributed by atoms with Gasteiger partial charge in [0, 0.05) is 38.0 Å². The number of imidazole rings is 1. The Bertz CT molecular complexity index is 1350. The summed E-state index contributed by atoms with van der Waals surface area (Å²) in [7, 11) is 0. The van der Waals surface area contributed by atoms with E-state index in [9.17, 15) is 0 Å². The number of fused-ring (bicyclic) bond motifs is 2. The smallest absolute Gasteiger partial charge is 0.203 e. The summed E-state index contributed by atoms with van der Waals surface area (Å²) in [6.07, 6.45) is 6.11. The van der Waals surface area contributed by atoms with Crippen LogP contribution in [0, 0.1) is 6.92 Å². The van der Waals surface area contributed by atoms with Crippen LogP contribution in [0.25, 0.3) is 28.2 Å². The van der Waals surface area contributed by atoms with Gasteiger partial charge in [0.05, 0.1) is 37.6 Å². The normalized spacial score (nSPS) is 18.9. The lowest BCUT2D eigenvalue weighted by Gasteiger charge is -2.27. The van der Waals surface area contributed by atoms with E-state index >= 15 is 0 Å². The van der Waals surface area contributed by atoms with E-state index < -0.39 is 0 Å². The summed E-state index contributed by atoms with van der Waals surface area (Å²) in [4.78, 5) is 17.0. The third kappa shape index (κ3) is 4.19. The second kappa shape index (κ2) is 9.04. The molecular weight excluding hydrogens is 446 g/mol. The number of aryl methyl sites for hydroxylation is 1. The maximum Gasteiger partial charge on any atom is 0.203 e. The Morgan fingerprint density at radius 1 is 1.14 bits per heavy atom. The summed E-state index contributed by atoms with van der Waals surface area (Å²) in [5.74, 6) is 3.23. The minimum Gasteiger partial charge on any atom is -0.378 e. The highest BCUT2D eigenvalue weighted by Crippen LogP contribution is 2.30. The molecule has 2 aliphatic heterocycles. The number of anilines is 2. The van der Waals surface area contributed by atoms with Gasteiger partial charge in [0.25, 0.3) is 0 Å². The zero-order valence-corrected chi connectivity index (χ0v) is 20.4. The first-order chi connectivity index (χ1) is 17.1. The minimum atomic E-state index is 0.153. The molecule has 2 saturated heterocycles. The van der Waals surface area contributed by atoms with Crippen molar-refractivity contribution in [1.82, 2.24) is 34.1 Å². The first-order valence-corrected chi connectivity index (χ1v) is 12.4. The van der Waals surface area contributed by atoms with Crippen molar-refractivity contribution >= 4 is 28.3 Å². The molecule has 4 aromatic rings. The van der Waals surface area contributed by atoms with Crippen LogP contribution >= 0.6 is 0 Å². The van der Waals surface area contributed by atoms with Crippen molar-refractivity contribution in [1.29, 1.82) is 0 Å². The molecule has 1 unspecified atom stereocenters. The highest BCUT2D eigenvalue weighted by molar-refractivity contribution is 5.82. The van der Waals surface area contributed by atoms with Crippen LogP contribution in [0.2, 0.25) is 0 Å². The van der Waals surface area contributed by atoms with E-state index in [4.69, 9.17) is 24.4 Å². The van der Waals surface area contributed by atoms with E-state index in [0.717, 1.165) is 66.7 Å². The van der Waals surface area contributed by atoms with Crippen LogP contribution in [-0.2, 0) is 16.0 Å². The Morgan fingerprint density at radius 2 is 2.00 bits per heavy atom. The van der Waals surface area contributed by atoms with Gasteiger partial charge in [-0.25, -0.2) is 15.0 Å². The van der Waals surface area contributed by atoms with Crippen LogP contribution in [-0.4, -0.2) is 79.2 Å². The minimum absolute atomic E-state index is 0.153. The molecule has 2 fully saturated rings. The zero-order valence-electron chi connectivity index (χ0n) is 20.4. The number of rotatable bonds is 6.